The molecule has 1 aromatic carbocycles. The molecular weight excluding hydrogens is 247 g/mol. The summed E-state index contributed by atoms with van der Waals surface area (Å²) in [6.45, 7) is 2.12. The fraction of sp³-hybridized carbons (Fsp3) is 0.364. The predicted molar refractivity (Wildman–Crippen MR) is 66.3 cm³/mol. The van der Waals surface area contributed by atoms with Crippen LogP contribution in [0.2, 0.25) is 0 Å². The molecule has 0 aliphatic rings. The van der Waals surface area contributed by atoms with Crippen molar-refractivity contribution in [2.24, 2.45) is 0 Å². The number of rotatable bonds is 2. The van der Waals surface area contributed by atoms with Crippen molar-refractivity contribution in [1.82, 2.24) is 5.01 Å². The number of benzene rings is 1. The van der Waals surface area contributed by atoms with Gasteiger partial charge in [-0.05, 0) is 12.1 Å². The smallest absolute Gasteiger partial charge is 0.418 e. The van der Waals surface area contributed by atoms with Gasteiger partial charge >= 0.3 is 7.25 Å². The first kappa shape index (κ1) is 16.5. The van der Waals surface area contributed by atoms with E-state index < -0.39 is 7.25 Å². The second-order valence-corrected chi connectivity index (χ2v) is 3.82. The van der Waals surface area contributed by atoms with Crippen LogP contribution in [-0.4, -0.2) is 43.8 Å². The number of hydrazone groups is 1. The zero-order valence-corrected chi connectivity index (χ0v) is 10.9. The van der Waals surface area contributed by atoms with Crippen LogP contribution in [-0.2, 0) is 0 Å². The van der Waals surface area contributed by atoms with Crippen molar-refractivity contribution >= 4 is 13.0 Å². The highest BCUT2D eigenvalue weighted by molar-refractivity contribution is 6.50. The van der Waals surface area contributed by atoms with Gasteiger partial charge in [0.1, 0.15) is 0 Å². The number of hydrazine groups is 1. The summed E-state index contributed by atoms with van der Waals surface area (Å²) in [5.41, 5.74) is 2.52. The lowest BCUT2D eigenvalue weighted by Crippen LogP contribution is -2.29. The van der Waals surface area contributed by atoms with Gasteiger partial charge in [-0.1, -0.05) is 18.2 Å². The van der Waals surface area contributed by atoms with E-state index in [4.69, 9.17) is 0 Å². The molecule has 0 N–H and O–H groups in total. The Balaban J connectivity index is 0.000000494. The Morgan fingerprint density at radius 3 is 1.78 bits per heavy atom. The molecule has 0 spiro atoms. The van der Waals surface area contributed by atoms with Crippen molar-refractivity contribution in [2.45, 2.75) is 6.92 Å². The monoisotopic (exact) mass is 264 g/mol. The van der Waals surface area contributed by atoms with Gasteiger partial charge in [0.15, 0.2) is 7.05 Å². The maximum Gasteiger partial charge on any atom is 0.673 e. The van der Waals surface area contributed by atoms with Crippen LogP contribution in [0.3, 0.4) is 0 Å². The first-order chi connectivity index (χ1) is 8.13. The molecule has 1 rings (SSSR count). The Morgan fingerprint density at radius 2 is 1.44 bits per heavy atom. The van der Waals surface area contributed by atoms with E-state index in [-0.39, 0.29) is 0 Å². The first-order valence-electron chi connectivity index (χ1n) is 5.30. The number of halogens is 4. The molecule has 0 bridgehead atoms. The summed E-state index contributed by atoms with van der Waals surface area (Å²) in [4.78, 5) is 0. The maximum atomic E-state index is 9.75. The minimum absolute atomic E-state index is 1.26. The van der Waals surface area contributed by atoms with Gasteiger partial charge in [0.2, 0.25) is 5.71 Å². The third-order valence-electron chi connectivity index (χ3n) is 2.28. The fourth-order valence-corrected chi connectivity index (χ4v) is 1.17. The number of hydrogen-bond acceptors (Lipinski definition) is 1. The molecule has 0 heterocycles. The lowest BCUT2D eigenvalue weighted by atomic mass is 10.1. The van der Waals surface area contributed by atoms with Gasteiger partial charge in [-0.25, -0.2) is 0 Å². The zero-order valence-electron chi connectivity index (χ0n) is 10.9. The molecule has 102 valence electrons. The molecule has 0 saturated carbocycles. The standard InChI is InChI=1S/C11H17N2.BF4/c1-10(13(4)12(2)3)11-8-6-5-7-9-11;2-1(3,4)5/h5-9H,1-4H3;/q+1;-1/b13-10+;. The highest BCUT2D eigenvalue weighted by Crippen LogP contribution is 2.06. The van der Waals surface area contributed by atoms with E-state index in [2.05, 4.69) is 47.9 Å². The van der Waals surface area contributed by atoms with Gasteiger partial charge in [-0.15, -0.1) is 4.68 Å². The Hall–Kier alpha value is -1.53. The van der Waals surface area contributed by atoms with E-state index in [1.54, 1.807) is 0 Å². The molecule has 2 nitrogen and oxygen atoms in total. The lowest BCUT2D eigenvalue weighted by Gasteiger charge is -2.09. The van der Waals surface area contributed by atoms with Gasteiger partial charge in [0.05, 0.1) is 14.1 Å². The maximum absolute atomic E-state index is 9.75. The van der Waals surface area contributed by atoms with E-state index >= 15 is 0 Å². The highest BCUT2D eigenvalue weighted by Gasteiger charge is 2.20. The Bertz CT molecular complexity index is 382. The molecule has 0 aliphatic heterocycles. The summed E-state index contributed by atoms with van der Waals surface area (Å²) in [5, 5.41) is 2.06. The van der Waals surface area contributed by atoms with Crippen molar-refractivity contribution in [2.75, 3.05) is 21.1 Å². The van der Waals surface area contributed by atoms with Crippen LogP contribution in [0.1, 0.15) is 12.5 Å². The van der Waals surface area contributed by atoms with Crippen LogP contribution >= 0.6 is 0 Å². The highest BCUT2D eigenvalue weighted by atomic mass is 19.5. The van der Waals surface area contributed by atoms with E-state index in [0.717, 1.165) is 0 Å². The van der Waals surface area contributed by atoms with E-state index in [0.29, 0.717) is 0 Å². The van der Waals surface area contributed by atoms with Gasteiger partial charge in [-0.3, -0.25) is 0 Å². The molecule has 0 aromatic heterocycles. The van der Waals surface area contributed by atoms with Crippen LogP contribution in [0.5, 0.6) is 0 Å². The van der Waals surface area contributed by atoms with Gasteiger partial charge in [0.25, 0.3) is 0 Å². The molecule has 0 amide bonds. The van der Waals surface area contributed by atoms with Crippen molar-refractivity contribution in [3.63, 3.8) is 0 Å². The Labute approximate surface area is 105 Å². The van der Waals surface area contributed by atoms with Crippen LogP contribution in [0, 0.1) is 0 Å². The van der Waals surface area contributed by atoms with Gasteiger partial charge < -0.3 is 17.3 Å². The molecule has 7 heteroatoms. The summed E-state index contributed by atoms with van der Waals surface area (Å²) >= 11 is 0. The van der Waals surface area contributed by atoms with Gasteiger partial charge in [0, 0.05) is 12.5 Å². The van der Waals surface area contributed by atoms with Crippen LogP contribution in [0.4, 0.5) is 17.3 Å². The Morgan fingerprint density at radius 1 is 1.06 bits per heavy atom. The predicted octanol–water partition coefficient (Wildman–Crippen LogP) is 2.91. The molecule has 1 aromatic rings. The van der Waals surface area contributed by atoms with Crippen molar-refractivity contribution in [3.05, 3.63) is 35.9 Å². The van der Waals surface area contributed by atoms with Crippen molar-refractivity contribution in [1.29, 1.82) is 0 Å². The quantitative estimate of drug-likeness (QED) is 0.262. The lowest BCUT2D eigenvalue weighted by molar-refractivity contribution is -0.655. The van der Waals surface area contributed by atoms with Crippen LogP contribution in [0.25, 0.3) is 0 Å². The Kier molecular flexibility index (Phi) is 6.44. The number of nitrogens with zero attached hydrogens (tertiary/aromatic N) is 2. The van der Waals surface area contributed by atoms with Crippen LogP contribution < -0.4 is 0 Å². The summed E-state index contributed by atoms with van der Waals surface area (Å²) < 4.78 is 41.1. The molecule has 0 radical (unpaired) electrons. The van der Waals surface area contributed by atoms with E-state index in [9.17, 15) is 17.3 Å². The van der Waals surface area contributed by atoms with Crippen molar-refractivity contribution < 1.29 is 21.9 Å². The molecule has 18 heavy (non-hydrogen) atoms. The average molecular weight is 264 g/mol. The molecule has 0 atom stereocenters. The molecule has 0 unspecified atom stereocenters. The largest absolute Gasteiger partial charge is 0.673 e. The summed E-state index contributed by atoms with van der Waals surface area (Å²) in [6.07, 6.45) is 0. The second kappa shape index (κ2) is 7.03. The summed E-state index contributed by atoms with van der Waals surface area (Å²) in [5.74, 6) is 0. The topological polar surface area (TPSA) is 6.25 Å². The average Bonchev–Trinajstić information content (AvgIpc) is 2.26. The SMILES string of the molecule is C/C(c1ccccc1)=[N+](/C)N(C)C.F[B-](F)(F)F. The first-order valence-corrected chi connectivity index (χ1v) is 5.30. The molecule has 0 aliphatic carbocycles. The van der Waals surface area contributed by atoms with Gasteiger partial charge in [-0.2, -0.15) is 5.01 Å². The van der Waals surface area contributed by atoms with Crippen LogP contribution in [0.15, 0.2) is 30.3 Å². The molecular formula is C11H17BF4N2. The second-order valence-electron chi connectivity index (χ2n) is 3.82. The molecule has 0 saturated heterocycles. The summed E-state index contributed by atoms with van der Waals surface area (Å²) in [6, 6.07) is 10.4. The fourth-order valence-electron chi connectivity index (χ4n) is 1.17. The third-order valence-corrected chi connectivity index (χ3v) is 2.28. The summed E-state index contributed by atoms with van der Waals surface area (Å²) in [7, 11) is 0.126. The zero-order chi connectivity index (χ0) is 14.3. The third kappa shape index (κ3) is 7.70. The van der Waals surface area contributed by atoms with E-state index in [1.165, 1.54) is 11.3 Å². The minimum atomic E-state index is -6.00. The number of hydrogen-bond donors (Lipinski definition) is 0. The normalized spacial score (nSPS) is 12.2. The minimum Gasteiger partial charge on any atom is -0.418 e. The van der Waals surface area contributed by atoms with E-state index in [1.807, 2.05) is 20.2 Å². The van der Waals surface area contributed by atoms with Crippen molar-refractivity contribution in [3.8, 4) is 0 Å². The molecule has 0 fully saturated rings.